The molecule has 0 amide bonds. The summed E-state index contributed by atoms with van der Waals surface area (Å²) in [7, 11) is 2.17. The summed E-state index contributed by atoms with van der Waals surface area (Å²) in [4.78, 5) is 16.1. The molecule has 1 aromatic carbocycles. The monoisotopic (exact) mass is 486 g/mol. The van der Waals surface area contributed by atoms with Crippen LogP contribution in [-0.4, -0.2) is 49.7 Å². The van der Waals surface area contributed by atoms with Crippen LogP contribution in [0.4, 0.5) is 16.0 Å². The Morgan fingerprint density at radius 1 is 1.11 bits per heavy atom. The molecule has 1 aliphatic heterocycles. The van der Waals surface area contributed by atoms with Crippen molar-refractivity contribution in [2.45, 2.75) is 50.5 Å². The molecule has 7 nitrogen and oxygen atoms in total. The number of rotatable bonds is 5. The zero-order valence-corrected chi connectivity index (χ0v) is 20.7. The third-order valence-corrected chi connectivity index (χ3v) is 7.90. The summed E-state index contributed by atoms with van der Waals surface area (Å²) < 4.78 is 16.4. The minimum Gasteiger partial charge on any atom is -0.384 e. The van der Waals surface area contributed by atoms with Gasteiger partial charge in [0.1, 0.15) is 11.4 Å². The molecule has 2 aliphatic rings. The van der Waals surface area contributed by atoms with E-state index in [1.165, 1.54) is 30.8 Å². The average molecular weight is 487 g/mol. The highest BCUT2D eigenvalue weighted by Gasteiger charge is 2.37. The Kier molecular flexibility index (Phi) is 5.73. The number of hydrogen-bond donors (Lipinski definition) is 2. The van der Waals surface area contributed by atoms with Crippen molar-refractivity contribution in [1.82, 2.24) is 24.4 Å². The minimum absolute atomic E-state index is 0.325. The van der Waals surface area contributed by atoms with Crippen LogP contribution in [0.5, 0.6) is 0 Å². The van der Waals surface area contributed by atoms with Gasteiger partial charge in [0.05, 0.1) is 11.1 Å². The Morgan fingerprint density at radius 2 is 1.89 bits per heavy atom. The van der Waals surface area contributed by atoms with Gasteiger partial charge in [-0.1, -0.05) is 25.1 Å². The molecule has 1 saturated heterocycles. The number of halogens is 1. The normalized spacial score (nSPS) is 20.7. The van der Waals surface area contributed by atoms with Crippen LogP contribution in [-0.2, 0) is 12.0 Å². The van der Waals surface area contributed by atoms with Crippen molar-refractivity contribution in [3.05, 3.63) is 71.4 Å². The average Bonchev–Trinajstić information content (AvgIpc) is 3.41. The second kappa shape index (κ2) is 8.94. The first kappa shape index (κ1) is 23.1. The summed E-state index contributed by atoms with van der Waals surface area (Å²) in [5, 5.41) is 14.6. The van der Waals surface area contributed by atoms with Crippen LogP contribution in [0.15, 0.2) is 48.8 Å². The maximum atomic E-state index is 14.8. The number of pyridine rings is 1. The molecule has 0 unspecified atom stereocenters. The number of aromatic nitrogens is 4. The SMILES string of the molecule is CC[C@@]1(O)CCc2ccc(-n3cc(F)c4cnc(Nc5ccc(C6CCN(C)CC6)cc5)nc43)nc21. The second-order valence-corrected chi connectivity index (χ2v) is 10.2. The van der Waals surface area contributed by atoms with Crippen molar-refractivity contribution >= 4 is 22.7 Å². The number of piperidine rings is 1. The van der Waals surface area contributed by atoms with E-state index in [2.05, 4.69) is 51.5 Å². The predicted octanol–water partition coefficient (Wildman–Crippen LogP) is 5.05. The van der Waals surface area contributed by atoms with Crippen LogP contribution < -0.4 is 5.32 Å². The van der Waals surface area contributed by atoms with E-state index in [4.69, 9.17) is 4.98 Å². The molecule has 1 fully saturated rings. The first-order chi connectivity index (χ1) is 17.4. The molecular formula is C28H31FN6O. The zero-order valence-electron chi connectivity index (χ0n) is 20.7. The second-order valence-electron chi connectivity index (χ2n) is 10.2. The fourth-order valence-electron chi connectivity index (χ4n) is 5.53. The molecule has 1 atom stereocenters. The molecule has 1 aliphatic carbocycles. The van der Waals surface area contributed by atoms with E-state index in [-0.39, 0.29) is 0 Å². The molecule has 0 radical (unpaired) electrons. The van der Waals surface area contributed by atoms with Crippen LogP contribution in [0, 0.1) is 5.82 Å². The third-order valence-electron chi connectivity index (χ3n) is 7.90. The van der Waals surface area contributed by atoms with Crippen molar-refractivity contribution in [3.63, 3.8) is 0 Å². The van der Waals surface area contributed by atoms with Crippen LogP contribution in [0.2, 0.25) is 0 Å². The highest BCUT2D eigenvalue weighted by Crippen LogP contribution is 2.38. The van der Waals surface area contributed by atoms with Gasteiger partial charge in [-0.15, -0.1) is 0 Å². The van der Waals surface area contributed by atoms with Crippen LogP contribution >= 0.6 is 0 Å². The number of nitrogens with one attached hydrogen (secondary N) is 1. The first-order valence-corrected chi connectivity index (χ1v) is 12.8. The highest BCUT2D eigenvalue weighted by molar-refractivity contribution is 5.79. The molecule has 4 heterocycles. The number of hydrogen-bond acceptors (Lipinski definition) is 6. The standard InChI is InChI=1S/C28H31FN6O/c1-3-28(36)13-10-20-6-9-24(32-25(20)28)35-17-23(29)22-16-30-27(33-26(22)35)31-21-7-4-18(5-8-21)19-11-14-34(2)15-12-19/h4-9,16-17,19,36H,3,10-15H2,1-2H3,(H,30,31,33)/t28-/m1/s1. The Bertz CT molecular complexity index is 1410. The number of aryl methyl sites for hydroxylation is 1. The maximum Gasteiger partial charge on any atom is 0.229 e. The van der Waals surface area contributed by atoms with E-state index >= 15 is 0 Å². The van der Waals surface area contributed by atoms with Crippen molar-refractivity contribution in [2.75, 3.05) is 25.5 Å². The molecule has 0 spiro atoms. The van der Waals surface area contributed by atoms with E-state index in [1.807, 2.05) is 19.1 Å². The van der Waals surface area contributed by atoms with E-state index in [0.29, 0.717) is 47.3 Å². The maximum absolute atomic E-state index is 14.8. The molecule has 4 aromatic rings. The zero-order chi connectivity index (χ0) is 24.9. The van der Waals surface area contributed by atoms with Crippen LogP contribution in [0.1, 0.15) is 55.3 Å². The Balaban J connectivity index is 1.28. The molecule has 0 bridgehead atoms. The summed E-state index contributed by atoms with van der Waals surface area (Å²) in [5.74, 6) is 1.11. The molecule has 2 N–H and O–H groups in total. The Labute approximate surface area is 210 Å². The van der Waals surface area contributed by atoms with Gasteiger partial charge in [-0.25, -0.2) is 14.4 Å². The molecule has 186 valence electrons. The van der Waals surface area contributed by atoms with Crippen molar-refractivity contribution < 1.29 is 9.50 Å². The summed E-state index contributed by atoms with van der Waals surface area (Å²) in [6.07, 6.45) is 7.27. The van der Waals surface area contributed by atoms with E-state index in [1.54, 1.807) is 4.57 Å². The van der Waals surface area contributed by atoms with E-state index in [9.17, 15) is 9.50 Å². The van der Waals surface area contributed by atoms with Gasteiger partial charge in [0.2, 0.25) is 5.95 Å². The van der Waals surface area contributed by atoms with Gasteiger partial charge in [-0.05, 0) is 87.5 Å². The van der Waals surface area contributed by atoms with Crippen LogP contribution in [0.3, 0.4) is 0 Å². The van der Waals surface area contributed by atoms with Crippen molar-refractivity contribution in [3.8, 4) is 5.82 Å². The predicted molar refractivity (Wildman–Crippen MR) is 138 cm³/mol. The number of anilines is 2. The molecular weight excluding hydrogens is 455 g/mol. The van der Waals surface area contributed by atoms with Crippen molar-refractivity contribution in [1.29, 1.82) is 0 Å². The van der Waals surface area contributed by atoms with Gasteiger partial charge in [0, 0.05) is 18.1 Å². The molecule has 36 heavy (non-hydrogen) atoms. The summed E-state index contributed by atoms with van der Waals surface area (Å²) in [6.45, 7) is 4.22. The lowest BCUT2D eigenvalue weighted by Gasteiger charge is -2.29. The fourth-order valence-corrected chi connectivity index (χ4v) is 5.53. The highest BCUT2D eigenvalue weighted by atomic mass is 19.1. The van der Waals surface area contributed by atoms with Gasteiger partial charge in [-0.3, -0.25) is 4.57 Å². The minimum atomic E-state index is -0.936. The summed E-state index contributed by atoms with van der Waals surface area (Å²) >= 11 is 0. The lowest BCUT2D eigenvalue weighted by atomic mass is 9.89. The first-order valence-electron chi connectivity index (χ1n) is 12.8. The number of fused-ring (bicyclic) bond motifs is 2. The van der Waals surface area contributed by atoms with E-state index in [0.717, 1.165) is 30.8 Å². The third kappa shape index (κ3) is 4.04. The lowest BCUT2D eigenvalue weighted by molar-refractivity contribution is 0.0306. The Morgan fingerprint density at radius 3 is 2.64 bits per heavy atom. The van der Waals surface area contributed by atoms with Gasteiger partial charge in [-0.2, -0.15) is 4.98 Å². The van der Waals surface area contributed by atoms with Gasteiger partial charge in [0.25, 0.3) is 0 Å². The van der Waals surface area contributed by atoms with Crippen molar-refractivity contribution in [2.24, 2.45) is 0 Å². The topological polar surface area (TPSA) is 79.1 Å². The molecule has 0 saturated carbocycles. The molecule has 8 heteroatoms. The fraction of sp³-hybridized carbons (Fsp3) is 0.393. The number of nitrogens with zero attached hydrogens (tertiary/aromatic N) is 5. The summed E-state index contributed by atoms with van der Waals surface area (Å²) in [6, 6.07) is 12.3. The van der Waals surface area contributed by atoms with Gasteiger partial charge in [0.15, 0.2) is 11.5 Å². The summed E-state index contributed by atoms with van der Waals surface area (Å²) in [5.41, 5.74) is 3.46. The quantitative estimate of drug-likeness (QED) is 0.411. The largest absolute Gasteiger partial charge is 0.384 e. The number of benzene rings is 1. The number of likely N-dealkylation sites (tertiary alicyclic amines) is 1. The smallest absolute Gasteiger partial charge is 0.229 e. The van der Waals surface area contributed by atoms with Gasteiger partial charge < -0.3 is 15.3 Å². The number of aliphatic hydroxyl groups is 1. The Hall–Kier alpha value is -3.36. The molecule has 3 aromatic heterocycles. The van der Waals surface area contributed by atoms with Crippen LogP contribution in [0.25, 0.3) is 16.9 Å². The lowest BCUT2D eigenvalue weighted by Crippen LogP contribution is -2.29. The molecule has 6 rings (SSSR count). The van der Waals surface area contributed by atoms with Gasteiger partial charge >= 0.3 is 0 Å². The van der Waals surface area contributed by atoms with E-state index < -0.39 is 11.4 Å².